The number of hydrogen-bond acceptors (Lipinski definition) is 5. The minimum absolute atomic E-state index is 0.0316. The van der Waals surface area contributed by atoms with E-state index in [1.54, 1.807) is 0 Å². The van der Waals surface area contributed by atoms with E-state index in [9.17, 15) is 4.79 Å². The third kappa shape index (κ3) is 3.38. The summed E-state index contributed by atoms with van der Waals surface area (Å²) in [6, 6.07) is 17.3. The second kappa shape index (κ2) is 7.27. The van der Waals surface area contributed by atoms with Crippen LogP contribution in [-0.4, -0.2) is 20.8 Å². The summed E-state index contributed by atoms with van der Waals surface area (Å²) in [6.07, 6.45) is 0. The number of amides is 1. The molecule has 0 aliphatic carbocycles. The Morgan fingerprint density at radius 2 is 1.72 bits per heavy atom. The van der Waals surface area contributed by atoms with Crippen molar-refractivity contribution in [1.82, 2.24) is 14.9 Å². The Hall–Kier alpha value is -3.87. The molecule has 2 aromatic carbocycles. The molecular formula is C22H21N5O2. The van der Waals surface area contributed by atoms with E-state index >= 15 is 0 Å². The zero-order valence-corrected chi connectivity index (χ0v) is 16.4. The molecule has 0 aliphatic heterocycles. The maximum atomic E-state index is 13.0. The normalized spacial score (nSPS) is 10.9. The van der Waals surface area contributed by atoms with Crippen LogP contribution in [0.5, 0.6) is 0 Å². The van der Waals surface area contributed by atoms with Crippen molar-refractivity contribution in [3.63, 3.8) is 0 Å². The zero-order valence-electron chi connectivity index (χ0n) is 16.4. The lowest BCUT2D eigenvalue weighted by Crippen LogP contribution is -2.14. The summed E-state index contributed by atoms with van der Waals surface area (Å²) in [6.45, 7) is 5.78. The van der Waals surface area contributed by atoms with Gasteiger partial charge in [0, 0.05) is 11.3 Å². The largest absolute Gasteiger partial charge is 0.367 e. The van der Waals surface area contributed by atoms with E-state index in [0.29, 0.717) is 11.4 Å². The van der Waals surface area contributed by atoms with Crippen LogP contribution in [-0.2, 0) is 0 Å². The van der Waals surface area contributed by atoms with E-state index in [1.165, 1.54) is 0 Å². The van der Waals surface area contributed by atoms with Crippen LogP contribution in [0.25, 0.3) is 16.9 Å². The topological polar surface area (TPSA) is 99.0 Å². The fraction of sp³-hybridized carbons (Fsp3) is 0.136. The average Bonchev–Trinajstić information content (AvgIpc) is 3.23. The standard InChI is InChI=1S/C22H21N5O2/c1-13-9-11-16(12-10-13)24-22(28)19-20(26-29-21(19)23)18-14(2)25-27(15(18)3)17-7-5-4-6-8-17/h4-12H,23H2,1-3H3,(H,24,28). The molecule has 3 N–H and O–H groups in total. The van der Waals surface area contributed by atoms with E-state index in [1.807, 2.05) is 80.1 Å². The second-order valence-electron chi connectivity index (χ2n) is 6.88. The summed E-state index contributed by atoms with van der Waals surface area (Å²) in [4.78, 5) is 13.0. The summed E-state index contributed by atoms with van der Waals surface area (Å²) < 4.78 is 7.00. The third-order valence-electron chi connectivity index (χ3n) is 4.78. The van der Waals surface area contributed by atoms with Crippen LogP contribution in [0.1, 0.15) is 27.3 Å². The van der Waals surface area contributed by atoms with Gasteiger partial charge < -0.3 is 15.6 Å². The summed E-state index contributed by atoms with van der Waals surface area (Å²) >= 11 is 0. The molecule has 1 amide bonds. The Morgan fingerprint density at radius 3 is 2.41 bits per heavy atom. The van der Waals surface area contributed by atoms with Crippen LogP contribution in [0, 0.1) is 20.8 Å². The maximum Gasteiger partial charge on any atom is 0.263 e. The highest BCUT2D eigenvalue weighted by atomic mass is 16.5. The molecule has 29 heavy (non-hydrogen) atoms. The van der Waals surface area contributed by atoms with Gasteiger partial charge in [-0.3, -0.25) is 4.79 Å². The van der Waals surface area contributed by atoms with Gasteiger partial charge in [0.15, 0.2) is 0 Å². The number of hydrogen-bond donors (Lipinski definition) is 2. The molecule has 0 spiro atoms. The fourth-order valence-electron chi connectivity index (χ4n) is 3.33. The van der Waals surface area contributed by atoms with E-state index in [2.05, 4.69) is 15.6 Å². The molecule has 7 heteroatoms. The van der Waals surface area contributed by atoms with E-state index in [0.717, 1.165) is 28.2 Å². The molecule has 146 valence electrons. The van der Waals surface area contributed by atoms with Crippen molar-refractivity contribution in [1.29, 1.82) is 0 Å². The molecule has 0 radical (unpaired) electrons. The molecule has 0 saturated carbocycles. The van der Waals surface area contributed by atoms with Gasteiger partial charge in [-0.2, -0.15) is 5.10 Å². The lowest BCUT2D eigenvalue weighted by molar-refractivity contribution is 0.102. The average molecular weight is 387 g/mol. The molecule has 4 rings (SSSR count). The minimum atomic E-state index is -0.381. The molecule has 0 saturated heterocycles. The Balaban J connectivity index is 1.75. The van der Waals surface area contributed by atoms with E-state index < -0.39 is 0 Å². The smallest absolute Gasteiger partial charge is 0.263 e. The predicted molar refractivity (Wildman–Crippen MR) is 112 cm³/mol. The van der Waals surface area contributed by atoms with Gasteiger partial charge in [0.1, 0.15) is 11.3 Å². The first-order valence-electron chi connectivity index (χ1n) is 9.21. The van der Waals surface area contributed by atoms with Gasteiger partial charge in [-0.25, -0.2) is 4.68 Å². The van der Waals surface area contributed by atoms with Crippen molar-refractivity contribution in [3.05, 3.63) is 77.1 Å². The number of carbonyl (C=O) groups excluding carboxylic acids is 1. The highest BCUT2D eigenvalue weighted by molar-refractivity contribution is 6.11. The van der Waals surface area contributed by atoms with Gasteiger partial charge in [0.25, 0.3) is 5.91 Å². The van der Waals surface area contributed by atoms with Crippen molar-refractivity contribution in [2.45, 2.75) is 20.8 Å². The molecule has 7 nitrogen and oxygen atoms in total. The number of nitrogens with zero attached hydrogens (tertiary/aromatic N) is 3. The Bertz CT molecular complexity index is 1170. The number of nitrogen functional groups attached to an aromatic ring is 1. The number of carbonyl (C=O) groups is 1. The SMILES string of the molecule is Cc1ccc(NC(=O)c2c(-c3c(C)nn(-c4ccccc4)c3C)noc2N)cc1. The molecule has 0 bridgehead atoms. The number of anilines is 2. The van der Waals surface area contributed by atoms with Crippen molar-refractivity contribution in [3.8, 4) is 16.9 Å². The summed E-state index contributed by atoms with van der Waals surface area (Å²) in [7, 11) is 0. The molecule has 4 aromatic rings. The number of nitrogens with one attached hydrogen (secondary N) is 1. The number of aromatic nitrogens is 3. The number of rotatable bonds is 4. The molecule has 0 unspecified atom stereocenters. The molecule has 0 fully saturated rings. The van der Waals surface area contributed by atoms with Gasteiger partial charge in [-0.15, -0.1) is 0 Å². The van der Waals surface area contributed by atoms with Crippen molar-refractivity contribution in [2.24, 2.45) is 0 Å². The summed E-state index contributed by atoms with van der Waals surface area (Å²) in [5, 5.41) is 11.6. The molecule has 0 aliphatic rings. The number of nitrogens with two attached hydrogens (primary N) is 1. The van der Waals surface area contributed by atoms with Crippen LogP contribution in [0.4, 0.5) is 11.6 Å². The van der Waals surface area contributed by atoms with Crippen LogP contribution in [0.3, 0.4) is 0 Å². The Labute approximate surface area is 168 Å². The number of para-hydroxylation sites is 1. The number of benzene rings is 2. The van der Waals surface area contributed by atoms with E-state index in [4.69, 9.17) is 10.3 Å². The van der Waals surface area contributed by atoms with Crippen LogP contribution in [0.15, 0.2) is 59.1 Å². The van der Waals surface area contributed by atoms with Gasteiger partial charge in [-0.1, -0.05) is 41.1 Å². The molecule has 2 aromatic heterocycles. The molecular weight excluding hydrogens is 366 g/mol. The van der Waals surface area contributed by atoms with Gasteiger partial charge in [0.05, 0.1) is 17.1 Å². The Kier molecular flexibility index (Phi) is 4.64. The molecule has 2 heterocycles. The fourth-order valence-corrected chi connectivity index (χ4v) is 3.33. The first kappa shape index (κ1) is 18.5. The van der Waals surface area contributed by atoms with Crippen LogP contribution >= 0.6 is 0 Å². The highest BCUT2D eigenvalue weighted by Crippen LogP contribution is 2.33. The lowest BCUT2D eigenvalue weighted by Gasteiger charge is -2.07. The monoisotopic (exact) mass is 387 g/mol. The van der Waals surface area contributed by atoms with E-state index in [-0.39, 0.29) is 17.4 Å². The first-order valence-corrected chi connectivity index (χ1v) is 9.21. The van der Waals surface area contributed by atoms with Crippen molar-refractivity contribution >= 4 is 17.5 Å². The number of aryl methyl sites for hydroxylation is 2. The quantitative estimate of drug-likeness (QED) is 0.544. The van der Waals surface area contributed by atoms with Gasteiger partial charge >= 0.3 is 0 Å². The van der Waals surface area contributed by atoms with Crippen molar-refractivity contribution in [2.75, 3.05) is 11.1 Å². The zero-order chi connectivity index (χ0) is 20.5. The maximum absolute atomic E-state index is 13.0. The predicted octanol–water partition coefficient (Wildman–Crippen LogP) is 4.29. The van der Waals surface area contributed by atoms with Crippen LogP contribution in [0.2, 0.25) is 0 Å². The highest BCUT2D eigenvalue weighted by Gasteiger charge is 2.27. The first-order chi connectivity index (χ1) is 14.0. The lowest BCUT2D eigenvalue weighted by atomic mass is 10.0. The van der Waals surface area contributed by atoms with Gasteiger partial charge in [-0.05, 0) is 45.0 Å². The van der Waals surface area contributed by atoms with Gasteiger partial charge in [0.2, 0.25) is 5.88 Å². The second-order valence-corrected chi connectivity index (χ2v) is 6.88. The van der Waals surface area contributed by atoms with Crippen molar-refractivity contribution < 1.29 is 9.32 Å². The molecule has 0 atom stereocenters. The third-order valence-corrected chi connectivity index (χ3v) is 4.78. The van der Waals surface area contributed by atoms with Crippen LogP contribution < -0.4 is 11.1 Å². The summed E-state index contributed by atoms with van der Waals surface area (Å²) in [5.41, 5.74) is 11.5. The summed E-state index contributed by atoms with van der Waals surface area (Å²) in [5.74, 6) is -0.412. The minimum Gasteiger partial charge on any atom is -0.367 e. The Morgan fingerprint density at radius 1 is 1.03 bits per heavy atom.